The maximum Gasteiger partial charge on any atom is 0.489 e. The summed E-state index contributed by atoms with van der Waals surface area (Å²) in [5.74, 6) is -0.241. The topological polar surface area (TPSA) is 104 Å². The van der Waals surface area contributed by atoms with Gasteiger partial charge in [0.2, 0.25) is 5.13 Å². The SMILES string of the molecule is Nc1csc(NN=Cc2c(F)cccc2B(O)O)n1. The van der Waals surface area contributed by atoms with Gasteiger partial charge >= 0.3 is 7.12 Å². The minimum atomic E-state index is -1.77. The van der Waals surface area contributed by atoms with E-state index in [2.05, 4.69) is 15.5 Å². The first-order valence-corrected chi connectivity index (χ1v) is 6.10. The van der Waals surface area contributed by atoms with Crippen LogP contribution in [0.3, 0.4) is 0 Å². The van der Waals surface area contributed by atoms with Gasteiger partial charge in [0, 0.05) is 10.9 Å². The second-order valence-corrected chi connectivity index (χ2v) is 4.42. The average molecular weight is 280 g/mol. The highest BCUT2D eigenvalue weighted by molar-refractivity contribution is 7.14. The maximum absolute atomic E-state index is 13.6. The lowest BCUT2D eigenvalue weighted by molar-refractivity contribution is 0.425. The van der Waals surface area contributed by atoms with Gasteiger partial charge in [0.05, 0.1) is 6.21 Å². The molecule has 0 atom stereocenters. The van der Waals surface area contributed by atoms with Crippen LogP contribution in [0.1, 0.15) is 5.56 Å². The zero-order valence-electron chi connectivity index (χ0n) is 9.62. The van der Waals surface area contributed by atoms with Gasteiger partial charge < -0.3 is 15.8 Å². The Labute approximate surface area is 112 Å². The monoisotopic (exact) mass is 280 g/mol. The zero-order chi connectivity index (χ0) is 13.8. The van der Waals surface area contributed by atoms with E-state index >= 15 is 0 Å². The summed E-state index contributed by atoms with van der Waals surface area (Å²) in [6.07, 6.45) is 1.15. The summed E-state index contributed by atoms with van der Waals surface area (Å²) >= 11 is 1.25. The van der Waals surface area contributed by atoms with Crippen molar-refractivity contribution >= 4 is 41.1 Å². The summed E-state index contributed by atoms with van der Waals surface area (Å²) in [4.78, 5) is 3.90. The molecule has 0 amide bonds. The molecule has 0 aliphatic heterocycles. The molecular formula is C10H10BFN4O2S. The highest BCUT2D eigenvalue weighted by Gasteiger charge is 2.17. The number of hydrogen-bond acceptors (Lipinski definition) is 7. The van der Waals surface area contributed by atoms with E-state index in [4.69, 9.17) is 15.8 Å². The number of thiazole rings is 1. The Hall–Kier alpha value is -1.97. The normalized spacial score (nSPS) is 10.9. The number of nitrogens with zero attached hydrogens (tertiary/aromatic N) is 2. The Bertz CT molecular complexity index is 605. The number of aromatic nitrogens is 1. The van der Waals surface area contributed by atoms with Crippen molar-refractivity contribution in [3.63, 3.8) is 0 Å². The van der Waals surface area contributed by atoms with E-state index in [1.807, 2.05) is 0 Å². The fourth-order valence-corrected chi connectivity index (χ4v) is 1.95. The molecule has 0 aliphatic carbocycles. The quantitative estimate of drug-likeness (QED) is 0.358. The fourth-order valence-electron chi connectivity index (χ4n) is 1.40. The molecule has 0 spiro atoms. The summed E-state index contributed by atoms with van der Waals surface area (Å²) < 4.78 is 13.6. The third-order valence-corrected chi connectivity index (χ3v) is 3.01. The highest BCUT2D eigenvalue weighted by atomic mass is 32.1. The van der Waals surface area contributed by atoms with Crippen LogP contribution in [-0.4, -0.2) is 28.4 Å². The maximum atomic E-state index is 13.6. The van der Waals surface area contributed by atoms with Gasteiger partial charge in [0.25, 0.3) is 0 Å². The molecule has 2 rings (SSSR count). The van der Waals surface area contributed by atoms with Crippen LogP contribution < -0.4 is 16.6 Å². The smallest absolute Gasteiger partial charge is 0.423 e. The number of anilines is 2. The van der Waals surface area contributed by atoms with Gasteiger partial charge in [-0.3, -0.25) is 5.43 Å². The molecule has 1 aromatic heterocycles. The van der Waals surface area contributed by atoms with E-state index in [1.165, 1.54) is 29.5 Å². The molecule has 2 aromatic rings. The van der Waals surface area contributed by atoms with Crippen LogP contribution in [0, 0.1) is 5.82 Å². The number of halogens is 1. The molecule has 0 radical (unpaired) electrons. The number of benzene rings is 1. The van der Waals surface area contributed by atoms with Crippen molar-refractivity contribution in [3.05, 3.63) is 35.0 Å². The Kier molecular flexibility index (Phi) is 4.10. The molecular weight excluding hydrogens is 270 g/mol. The molecule has 0 saturated carbocycles. The molecule has 1 aromatic carbocycles. The molecule has 5 N–H and O–H groups in total. The molecule has 0 fully saturated rings. The second kappa shape index (κ2) is 5.78. The van der Waals surface area contributed by atoms with Crippen molar-refractivity contribution < 1.29 is 14.4 Å². The number of hydrazone groups is 1. The van der Waals surface area contributed by atoms with Crippen LogP contribution in [0.15, 0.2) is 28.7 Å². The van der Waals surface area contributed by atoms with Crippen LogP contribution in [0.5, 0.6) is 0 Å². The number of nitrogen functional groups attached to an aromatic ring is 1. The predicted molar refractivity (Wildman–Crippen MR) is 74.0 cm³/mol. The first kappa shape index (κ1) is 13.5. The average Bonchev–Trinajstić information content (AvgIpc) is 2.77. The lowest BCUT2D eigenvalue weighted by Gasteiger charge is -2.05. The second-order valence-electron chi connectivity index (χ2n) is 3.56. The summed E-state index contributed by atoms with van der Waals surface area (Å²) in [6.45, 7) is 0. The summed E-state index contributed by atoms with van der Waals surface area (Å²) in [5, 5.41) is 24.1. The molecule has 1 heterocycles. The van der Waals surface area contributed by atoms with Crippen LogP contribution in [-0.2, 0) is 0 Å². The van der Waals surface area contributed by atoms with Gasteiger partial charge in [-0.25, -0.2) is 9.37 Å². The largest absolute Gasteiger partial charge is 0.489 e. The van der Waals surface area contributed by atoms with Crippen LogP contribution in [0.4, 0.5) is 15.3 Å². The van der Waals surface area contributed by atoms with Crippen molar-refractivity contribution in [3.8, 4) is 0 Å². The van der Waals surface area contributed by atoms with E-state index in [0.717, 1.165) is 6.21 Å². The van der Waals surface area contributed by atoms with E-state index < -0.39 is 12.9 Å². The molecule has 0 bridgehead atoms. The fraction of sp³-hybridized carbons (Fsp3) is 0. The van der Waals surface area contributed by atoms with Crippen molar-refractivity contribution in [1.82, 2.24) is 4.98 Å². The van der Waals surface area contributed by atoms with Crippen LogP contribution in [0.2, 0.25) is 0 Å². The summed E-state index contributed by atoms with van der Waals surface area (Å²) in [5.41, 5.74) is 8.03. The minimum absolute atomic E-state index is 0.00507. The Balaban J connectivity index is 2.18. The van der Waals surface area contributed by atoms with Crippen molar-refractivity contribution in [1.29, 1.82) is 0 Å². The first-order valence-electron chi connectivity index (χ1n) is 5.22. The van der Waals surface area contributed by atoms with E-state index in [1.54, 1.807) is 5.38 Å². The number of hydrogen-bond donors (Lipinski definition) is 4. The van der Waals surface area contributed by atoms with Gasteiger partial charge in [0.15, 0.2) is 0 Å². The van der Waals surface area contributed by atoms with Gasteiger partial charge in [-0.1, -0.05) is 12.1 Å². The van der Waals surface area contributed by atoms with Gasteiger partial charge in [-0.2, -0.15) is 5.10 Å². The lowest BCUT2D eigenvalue weighted by Crippen LogP contribution is -2.33. The summed E-state index contributed by atoms with van der Waals surface area (Å²) in [7, 11) is -1.77. The molecule has 0 saturated heterocycles. The lowest BCUT2D eigenvalue weighted by atomic mass is 9.77. The molecule has 19 heavy (non-hydrogen) atoms. The highest BCUT2D eigenvalue weighted by Crippen LogP contribution is 2.16. The van der Waals surface area contributed by atoms with Crippen molar-refractivity contribution in [2.75, 3.05) is 11.2 Å². The standard InChI is InChI=1S/C10H10BFN4O2S/c12-8-3-1-2-7(11(17)18)6(8)4-14-16-10-15-9(13)5-19-10/h1-5,17-18H,13H2,(H,15,16). The zero-order valence-corrected chi connectivity index (χ0v) is 10.4. The molecule has 9 heteroatoms. The van der Waals surface area contributed by atoms with E-state index in [-0.39, 0.29) is 11.0 Å². The van der Waals surface area contributed by atoms with Crippen molar-refractivity contribution in [2.45, 2.75) is 0 Å². The van der Waals surface area contributed by atoms with Crippen LogP contribution >= 0.6 is 11.3 Å². The Morgan fingerprint density at radius 3 is 2.89 bits per heavy atom. The predicted octanol–water partition coefficient (Wildman–Crippen LogP) is -0.00980. The number of nitrogens with two attached hydrogens (primary N) is 1. The van der Waals surface area contributed by atoms with E-state index in [0.29, 0.717) is 10.9 Å². The summed E-state index contributed by atoms with van der Waals surface area (Å²) in [6, 6.07) is 3.99. The number of rotatable bonds is 4. The van der Waals surface area contributed by atoms with Gasteiger partial charge in [-0.15, -0.1) is 11.3 Å². The Morgan fingerprint density at radius 1 is 1.47 bits per heavy atom. The number of nitrogens with one attached hydrogen (secondary N) is 1. The molecule has 6 nitrogen and oxygen atoms in total. The minimum Gasteiger partial charge on any atom is -0.423 e. The molecule has 0 aliphatic rings. The van der Waals surface area contributed by atoms with E-state index in [9.17, 15) is 4.39 Å². The van der Waals surface area contributed by atoms with Crippen LogP contribution in [0.25, 0.3) is 0 Å². The van der Waals surface area contributed by atoms with Crippen molar-refractivity contribution in [2.24, 2.45) is 5.10 Å². The third kappa shape index (κ3) is 3.28. The third-order valence-electron chi connectivity index (χ3n) is 2.24. The van der Waals surface area contributed by atoms with Gasteiger partial charge in [0.1, 0.15) is 11.6 Å². The Morgan fingerprint density at radius 2 is 2.26 bits per heavy atom. The van der Waals surface area contributed by atoms with Gasteiger partial charge in [-0.05, 0) is 11.5 Å². The first-order chi connectivity index (χ1) is 9.08. The molecule has 98 valence electrons. The molecule has 0 unspecified atom stereocenters.